The van der Waals surface area contributed by atoms with Crippen LogP contribution < -0.4 is 20.9 Å². The second-order valence-corrected chi connectivity index (χ2v) is 13.3. The second-order valence-electron chi connectivity index (χ2n) is 12.1. The Morgan fingerprint density at radius 3 is 2.38 bits per heavy atom. The molecule has 1 aliphatic rings. The number of imidazole rings is 1. The number of carbonyl (C=O) groups excluding carboxylic acids is 2. The number of fused-ring (bicyclic) bond motifs is 1. The summed E-state index contributed by atoms with van der Waals surface area (Å²) in [7, 11) is 1.78. The van der Waals surface area contributed by atoms with Crippen molar-refractivity contribution in [2.75, 3.05) is 22.9 Å². The van der Waals surface area contributed by atoms with E-state index in [2.05, 4.69) is 5.32 Å². The van der Waals surface area contributed by atoms with Crippen LogP contribution in [0, 0.1) is 11.2 Å². The third-order valence-corrected chi connectivity index (χ3v) is 8.87. The van der Waals surface area contributed by atoms with Gasteiger partial charge < -0.3 is 20.5 Å². The Labute approximate surface area is 275 Å². The molecule has 2 heterocycles. The number of nitrogens with one attached hydrogen (secondary N) is 1. The summed E-state index contributed by atoms with van der Waals surface area (Å²) >= 11 is 20.1. The fourth-order valence-corrected chi connectivity index (χ4v) is 6.08. The molecule has 5 rings (SSSR count). The topological polar surface area (TPSA) is 96.5 Å². The van der Waals surface area contributed by atoms with E-state index in [0.717, 1.165) is 0 Å². The SMILES string of the molecule is Cn1c(N(c2ccc(F)c(Cl)c2)c2c(Cl)ccc(CNC(=O)C(C)(C)C)c2Cl)nc2cc(C(N)=O)c(N3CCC(F)CC3)cc21. The predicted molar refractivity (Wildman–Crippen MR) is 177 cm³/mol. The van der Waals surface area contributed by atoms with Crippen molar-refractivity contribution in [2.24, 2.45) is 18.2 Å². The lowest BCUT2D eigenvalue weighted by Crippen LogP contribution is -2.35. The van der Waals surface area contributed by atoms with E-state index in [9.17, 15) is 18.4 Å². The summed E-state index contributed by atoms with van der Waals surface area (Å²) < 4.78 is 30.1. The molecule has 1 saturated heterocycles. The summed E-state index contributed by atoms with van der Waals surface area (Å²) in [6.45, 7) is 6.41. The van der Waals surface area contributed by atoms with Crippen molar-refractivity contribution in [2.45, 2.75) is 46.3 Å². The molecule has 0 spiro atoms. The maximum Gasteiger partial charge on any atom is 0.250 e. The lowest BCUT2D eigenvalue weighted by atomic mass is 9.95. The highest BCUT2D eigenvalue weighted by molar-refractivity contribution is 6.40. The molecular weight excluding hydrogens is 645 g/mol. The van der Waals surface area contributed by atoms with Gasteiger partial charge in [0.15, 0.2) is 0 Å². The molecule has 238 valence electrons. The number of hydrogen-bond acceptors (Lipinski definition) is 5. The predicted octanol–water partition coefficient (Wildman–Crippen LogP) is 7.84. The van der Waals surface area contributed by atoms with E-state index in [1.54, 1.807) is 55.5 Å². The molecule has 0 radical (unpaired) electrons. The van der Waals surface area contributed by atoms with E-state index >= 15 is 0 Å². The largest absolute Gasteiger partial charge is 0.371 e. The Morgan fingerprint density at radius 2 is 1.76 bits per heavy atom. The molecule has 0 unspecified atom stereocenters. The van der Waals surface area contributed by atoms with Crippen molar-refractivity contribution in [1.82, 2.24) is 14.9 Å². The average Bonchev–Trinajstić information content (AvgIpc) is 3.30. The Kier molecular flexibility index (Phi) is 9.22. The summed E-state index contributed by atoms with van der Waals surface area (Å²) in [5, 5.41) is 3.26. The molecule has 0 bridgehead atoms. The Hall–Kier alpha value is -3.60. The van der Waals surface area contributed by atoms with Gasteiger partial charge in [0, 0.05) is 32.1 Å². The van der Waals surface area contributed by atoms with Crippen LogP contribution in [0.1, 0.15) is 49.5 Å². The van der Waals surface area contributed by atoms with Gasteiger partial charge in [-0.2, -0.15) is 0 Å². The maximum atomic E-state index is 14.3. The highest BCUT2D eigenvalue weighted by Crippen LogP contribution is 2.46. The summed E-state index contributed by atoms with van der Waals surface area (Å²) in [5.74, 6) is -1.10. The monoisotopic (exact) mass is 676 g/mol. The zero-order valence-corrected chi connectivity index (χ0v) is 27.5. The molecule has 13 heteroatoms. The van der Waals surface area contributed by atoms with Crippen LogP contribution in [-0.2, 0) is 18.4 Å². The maximum absolute atomic E-state index is 14.3. The number of carbonyl (C=O) groups is 2. The molecule has 3 N–H and O–H groups in total. The zero-order valence-electron chi connectivity index (χ0n) is 25.2. The molecule has 4 aromatic rings. The fourth-order valence-electron chi connectivity index (χ4n) is 5.30. The van der Waals surface area contributed by atoms with Gasteiger partial charge in [-0.25, -0.2) is 13.8 Å². The number of hydrogen-bond donors (Lipinski definition) is 2. The Morgan fingerprint density at radius 1 is 1.07 bits per heavy atom. The van der Waals surface area contributed by atoms with Gasteiger partial charge in [0.2, 0.25) is 11.9 Å². The second kappa shape index (κ2) is 12.7. The van der Waals surface area contributed by atoms with Gasteiger partial charge in [0.1, 0.15) is 12.0 Å². The normalized spacial score (nSPS) is 14.2. The van der Waals surface area contributed by atoms with E-state index < -0.39 is 23.3 Å². The number of halogens is 5. The van der Waals surface area contributed by atoms with Gasteiger partial charge in [-0.1, -0.05) is 61.6 Å². The van der Waals surface area contributed by atoms with E-state index in [-0.39, 0.29) is 33.1 Å². The van der Waals surface area contributed by atoms with Crippen molar-refractivity contribution in [3.63, 3.8) is 0 Å². The Balaban J connectivity index is 1.69. The van der Waals surface area contributed by atoms with Gasteiger partial charge in [-0.3, -0.25) is 14.5 Å². The average molecular weight is 678 g/mol. The molecule has 1 aromatic heterocycles. The number of benzene rings is 3. The highest BCUT2D eigenvalue weighted by Gasteiger charge is 2.29. The van der Waals surface area contributed by atoms with Gasteiger partial charge in [0.05, 0.1) is 48.7 Å². The van der Waals surface area contributed by atoms with Crippen LogP contribution in [0.3, 0.4) is 0 Å². The Bertz CT molecular complexity index is 1800. The molecule has 1 fully saturated rings. The zero-order chi connectivity index (χ0) is 32.8. The van der Waals surface area contributed by atoms with Gasteiger partial charge >= 0.3 is 0 Å². The quantitative estimate of drug-likeness (QED) is 0.208. The third-order valence-electron chi connectivity index (χ3n) is 7.86. The van der Waals surface area contributed by atoms with Crippen LogP contribution in [-0.4, -0.2) is 40.6 Å². The first-order chi connectivity index (χ1) is 21.2. The van der Waals surface area contributed by atoms with Crippen LogP contribution >= 0.6 is 34.8 Å². The van der Waals surface area contributed by atoms with Crippen LogP contribution in [0.15, 0.2) is 42.5 Å². The lowest BCUT2D eigenvalue weighted by molar-refractivity contribution is -0.128. The lowest BCUT2D eigenvalue weighted by Gasteiger charge is -2.31. The number of nitrogens with two attached hydrogens (primary N) is 1. The smallest absolute Gasteiger partial charge is 0.250 e. The van der Waals surface area contributed by atoms with Crippen LogP contribution in [0.2, 0.25) is 15.1 Å². The fraction of sp³-hybridized carbons (Fsp3) is 0.344. The number of rotatable bonds is 7. The first-order valence-electron chi connectivity index (χ1n) is 14.4. The number of alkyl halides is 1. The van der Waals surface area contributed by atoms with Crippen molar-refractivity contribution in [3.05, 3.63) is 74.5 Å². The number of amides is 2. The van der Waals surface area contributed by atoms with E-state index in [0.29, 0.717) is 65.5 Å². The molecule has 0 saturated carbocycles. The highest BCUT2D eigenvalue weighted by atomic mass is 35.5. The van der Waals surface area contributed by atoms with Crippen LogP contribution in [0.25, 0.3) is 11.0 Å². The van der Waals surface area contributed by atoms with Gasteiger partial charge in [-0.15, -0.1) is 0 Å². The minimum atomic E-state index is -0.895. The van der Waals surface area contributed by atoms with Crippen molar-refractivity contribution in [1.29, 1.82) is 0 Å². The molecule has 2 amide bonds. The number of aromatic nitrogens is 2. The minimum absolute atomic E-state index is 0.126. The van der Waals surface area contributed by atoms with Gasteiger partial charge in [-0.05, 0) is 54.8 Å². The molecule has 0 atom stereocenters. The molecule has 3 aromatic carbocycles. The molecular formula is C32H33Cl3F2N6O2. The van der Waals surface area contributed by atoms with Crippen molar-refractivity contribution < 1.29 is 18.4 Å². The molecule has 0 aliphatic carbocycles. The third kappa shape index (κ3) is 6.55. The minimum Gasteiger partial charge on any atom is -0.371 e. The summed E-state index contributed by atoms with van der Waals surface area (Å²) in [4.78, 5) is 33.6. The van der Waals surface area contributed by atoms with Crippen LogP contribution in [0.4, 0.5) is 31.8 Å². The molecule has 8 nitrogen and oxygen atoms in total. The summed E-state index contributed by atoms with van der Waals surface area (Å²) in [6, 6.07) is 11.0. The standard InChI is InChI=1S/C32H33Cl3F2N6O2/c1-32(2,3)30(45)39-16-17-5-7-21(33)28(27(17)35)43(19-6-8-23(37)22(34)13-19)31-40-24-14-20(29(38)44)25(15-26(24)41(31)4)42-11-9-18(36)10-12-42/h5-8,13-15,18H,9-12,16H2,1-4H3,(H2,38,44)(H,39,45). The van der Waals surface area contributed by atoms with Crippen LogP contribution in [0.5, 0.6) is 0 Å². The molecule has 45 heavy (non-hydrogen) atoms. The molecule has 1 aliphatic heterocycles. The van der Waals surface area contributed by atoms with Crippen molar-refractivity contribution >= 4 is 80.7 Å². The number of piperidine rings is 1. The first kappa shape index (κ1) is 32.8. The summed E-state index contributed by atoms with van der Waals surface area (Å²) in [6.07, 6.45) is -0.209. The number of primary amides is 1. The van der Waals surface area contributed by atoms with E-state index in [1.165, 1.54) is 18.2 Å². The van der Waals surface area contributed by atoms with E-state index in [4.69, 9.17) is 45.5 Å². The van der Waals surface area contributed by atoms with Gasteiger partial charge in [0.25, 0.3) is 5.91 Å². The summed E-state index contributed by atoms with van der Waals surface area (Å²) in [5.41, 5.74) is 8.42. The number of anilines is 4. The van der Waals surface area contributed by atoms with Crippen molar-refractivity contribution in [3.8, 4) is 0 Å². The number of aryl methyl sites for hydroxylation is 1. The van der Waals surface area contributed by atoms with E-state index in [1.807, 2.05) is 11.0 Å². The first-order valence-corrected chi connectivity index (χ1v) is 15.5. The number of nitrogens with zero attached hydrogens (tertiary/aromatic N) is 4.